The van der Waals surface area contributed by atoms with E-state index < -0.39 is 5.41 Å². The summed E-state index contributed by atoms with van der Waals surface area (Å²) in [5.74, 6) is 2.72. The summed E-state index contributed by atoms with van der Waals surface area (Å²) < 4.78 is 2.58. The molecule has 2 nitrogen and oxygen atoms in total. The van der Waals surface area contributed by atoms with Gasteiger partial charge in [-0.3, -0.25) is 0 Å². The Balaban J connectivity index is 0.950. The minimum Gasteiger partial charge on any atom is -0.310 e. The van der Waals surface area contributed by atoms with Crippen LogP contribution < -0.4 is 21.3 Å². The zero-order valence-corrected chi connectivity index (χ0v) is 44.0. The lowest BCUT2D eigenvalue weighted by Gasteiger charge is -2.57. The zero-order chi connectivity index (χ0) is 50.0. The van der Waals surface area contributed by atoms with Crippen molar-refractivity contribution in [1.29, 1.82) is 0 Å². The van der Waals surface area contributed by atoms with E-state index in [2.05, 4.69) is 252 Å². The second-order valence-electron chi connectivity index (χ2n) is 22.6. The molecule has 0 spiro atoms. The Labute approximate surface area is 454 Å². The lowest BCUT2D eigenvalue weighted by molar-refractivity contribution is -0.00512. The Morgan fingerprint density at radius 3 is 1.68 bits per heavy atom. The highest BCUT2D eigenvalue weighted by Gasteiger charge is 2.53. The quantitative estimate of drug-likeness (QED) is 0.133. The van der Waals surface area contributed by atoms with E-state index in [4.69, 9.17) is 0 Å². The summed E-state index contributed by atoms with van der Waals surface area (Å²) in [5, 5.41) is 2.74. The third-order valence-electron chi connectivity index (χ3n) is 18.3. The summed E-state index contributed by atoms with van der Waals surface area (Å²) in [6.07, 6.45) is 8.50. The first-order valence-corrected chi connectivity index (χ1v) is 29.1. The molecule has 4 aliphatic carbocycles. The van der Waals surface area contributed by atoms with Crippen molar-refractivity contribution >= 4 is 85.5 Å². The van der Waals surface area contributed by atoms with Gasteiger partial charge in [0, 0.05) is 53.1 Å². The summed E-state index contributed by atoms with van der Waals surface area (Å²) >= 11 is 3.82. The van der Waals surface area contributed by atoms with Crippen LogP contribution in [-0.4, -0.2) is 11.3 Å². The van der Waals surface area contributed by atoms with Crippen LogP contribution in [0.4, 0.5) is 17.1 Å². The molecule has 76 heavy (non-hydrogen) atoms. The van der Waals surface area contributed by atoms with Crippen LogP contribution in [0.25, 0.3) is 27.5 Å². The van der Waals surface area contributed by atoms with E-state index in [-0.39, 0.29) is 6.71 Å². The van der Waals surface area contributed by atoms with Crippen molar-refractivity contribution in [2.75, 3.05) is 4.90 Å². The molecule has 4 saturated carbocycles. The molecule has 0 amide bonds. The van der Waals surface area contributed by atoms with Crippen molar-refractivity contribution in [3.05, 3.63) is 270 Å². The molecule has 3 heterocycles. The molecule has 0 saturated heterocycles. The van der Waals surface area contributed by atoms with Crippen molar-refractivity contribution in [2.24, 2.45) is 17.8 Å². The number of para-hydroxylation sites is 3. The average molecular weight is 1010 g/mol. The molecular formula is C71H55BN2S2. The van der Waals surface area contributed by atoms with Crippen molar-refractivity contribution < 1.29 is 0 Å². The highest BCUT2D eigenvalue weighted by Crippen LogP contribution is 2.61. The van der Waals surface area contributed by atoms with Gasteiger partial charge in [0.1, 0.15) is 0 Å². The standard InChI is InChI=1S/C71H55BN2S2/c1-6-18-50(19-7-1)71(51-20-8-2-9-21-51)61-40-55(73(53-22-10-3-11-23-53)54-24-12-4-13-25-54)31-33-63(61)72-64-41-56(32-35-67(64)76-68-43-58(42-62(71)69(68)72)75-57-26-14-5-15-27-57)74-65-29-17-16-28-59(65)60-39-52(30-34-66(60)74)70-44-47-36-48(45-70)38-49(37-47)46-70/h1-35,39-43,47-49H,36-38,44-46H2. The normalized spacial score (nSPS) is 20.3. The molecule has 2 aliphatic heterocycles. The maximum atomic E-state index is 2.64. The molecule has 6 aliphatic rings. The van der Waals surface area contributed by atoms with Gasteiger partial charge in [0.2, 0.25) is 6.71 Å². The number of hydrogen-bond acceptors (Lipinski definition) is 3. The first-order valence-electron chi connectivity index (χ1n) is 27.5. The van der Waals surface area contributed by atoms with E-state index in [9.17, 15) is 0 Å². The predicted molar refractivity (Wildman–Crippen MR) is 319 cm³/mol. The summed E-state index contributed by atoms with van der Waals surface area (Å²) in [4.78, 5) is 7.56. The first kappa shape index (κ1) is 44.8. The van der Waals surface area contributed by atoms with E-state index in [0.717, 1.165) is 34.8 Å². The van der Waals surface area contributed by atoms with E-state index in [1.807, 2.05) is 23.5 Å². The van der Waals surface area contributed by atoms with E-state index in [1.54, 1.807) is 5.56 Å². The van der Waals surface area contributed by atoms with Crippen molar-refractivity contribution in [3.8, 4) is 5.69 Å². The minimum atomic E-state index is -0.669. The fourth-order valence-corrected chi connectivity index (χ4v) is 18.0. The van der Waals surface area contributed by atoms with Crippen LogP contribution in [0.1, 0.15) is 66.3 Å². The Hall–Kier alpha value is -7.44. The monoisotopic (exact) mass is 1010 g/mol. The molecular weight excluding hydrogens is 956 g/mol. The van der Waals surface area contributed by atoms with Crippen molar-refractivity contribution in [3.63, 3.8) is 0 Å². The molecule has 0 N–H and O–H groups in total. The molecule has 4 bridgehead atoms. The van der Waals surface area contributed by atoms with Gasteiger partial charge in [-0.25, -0.2) is 0 Å². The molecule has 10 aromatic carbocycles. The summed E-state index contributed by atoms with van der Waals surface area (Å²) in [7, 11) is 0. The van der Waals surface area contributed by atoms with Crippen LogP contribution in [0, 0.1) is 17.8 Å². The van der Waals surface area contributed by atoms with E-state index in [0.29, 0.717) is 5.41 Å². The van der Waals surface area contributed by atoms with E-state index >= 15 is 0 Å². The highest BCUT2D eigenvalue weighted by atomic mass is 32.2. The lowest BCUT2D eigenvalue weighted by Crippen LogP contribution is -2.64. The Bertz CT molecular complexity index is 3930. The fraction of sp³-hybridized carbons (Fsp3) is 0.155. The van der Waals surface area contributed by atoms with Gasteiger partial charge in [-0.2, -0.15) is 0 Å². The third-order valence-corrected chi connectivity index (χ3v) is 20.5. The number of aromatic nitrogens is 1. The maximum absolute atomic E-state index is 2.64. The predicted octanol–water partition coefficient (Wildman–Crippen LogP) is 16.5. The van der Waals surface area contributed by atoms with Crippen LogP contribution in [0.3, 0.4) is 0 Å². The molecule has 0 radical (unpaired) electrons. The summed E-state index contributed by atoms with van der Waals surface area (Å²) in [6.45, 7) is -0.0285. The molecule has 5 heteroatoms. The number of rotatable bonds is 9. The fourth-order valence-electron chi connectivity index (χ4n) is 15.8. The van der Waals surface area contributed by atoms with Gasteiger partial charge in [-0.05, 0) is 187 Å². The van der Waals surface area contributed by atoms with Crippen molar-refractivity contribution in [2.45, 2.75) is 68.9 Å². The largest absolute Gasteiger partial charge is 0.310 e. The zero-order valence-electron chi connectivity index (χ0n) is 42.4. The molecule has 1 aromatic heterocycles. The van der Waals surface area contributed by atoms with Gasteiger partial charge in [-0.15, -0.1) is 0 Å². The Kier molecular flexibility index (Phi) is 10.4. The summed E-state index contributed by atoms with van der Waals surface area (Å²) in [6, 6.07) is 92.2. The van der Waals surface area contributed by atoms with Crippen LogP contribution in [0.2, 0.25) is 0 Å². The van der Waals surface area contributed by atoms with E-state index in [1.165, 1.54) is 124 Å². The van der Waals surface area contributed by atoms with Gasteiger partial charge in [-0.1, -0.05) is 186 Å². The topological polar surface area (TPSA) is 8.17 Å². The maximum Gasteiger partial charge on any atom is 0.245 e. The van der Waals surface area contributed by atoms with Gasteiger partial charge in [0.15, 0.2) is 0 Å². The smallest absolute Gasteiger partial charge is 0.245 e. The number of hydrogen-bond donors (Lipinski definition) is 0. The lowest BCUT2D eigenvalue weighted by atomic mass is 9.30. The van der Waals surface area contributed by atoms with Gasteiger partial charge >= 0.3 is 0 Å². The molecule has 17 rings (SSSR count). The van der Waals surface area contributed by atoms with Gasteiger partial charge in [0.25, 0.3) is 0 Å². The highest BCUT2D eigenvalue weighted by molar-refractivity contribution is 8.00. The number of anilines is 3. The second kappa shape index (κ2) is 17.6. The second-order valence-corrected chi connectivity index (χ2v) is 24.8. The van der Waals surface area contributed by atoms with Crippen LogP contribution >= 0.6 is 23.5 Å². The third kappa shape index (κ3) is 6.91. The minimum absolute atomic E-state index is 0.0285. The number of benzene rings is 10. The summed E-state index contributed by atoms with van der Waals surface area (Å²) in [5.41, 5.74) is 17.7. The Morgan fingerprint density at radius 2 is 1.03 bits per heavy atom. The molecule has 0 atom stereocenters. The molecule has 4 fully saturated rings. The number of fused-ring (bicyclic) bond motifs is 7. The van der Waals surface area contributed by atoms with Crippen molar-refractivity contribution in [1.82, 2.24) is 4.57 Å². The van der Waals surface area contributed by atoms with Crippen LogP contribution in [-0.2, 0) is 10.8 Å². The average Bonchev–Trinajstić information content (AvgIpc) is 3.96. The first-order chi connectivity index (χ1) is 37.6. The van der Waals surface area contributed by atoms with Gasteiger partial charge in [0.05, 0.1) is 16.4 Å². The van der Waals surface area contributed by atoms with Crippen LogP contribution in [0.5, 0.6) is 0 Å². The molecule has 0 unspecified atom stereocenters. The molecule has 11 aromatic rings. The Morgan fingerprint density at radius 1 is 0.434 bits per heavy atom. The SMILES string of the molecule is c1ccc(Sc2cc3c4c(c2)C(c2ccccc2)(c2ccccc2)c2cc(N(c5ccccc5)c5ccccc5)ccc2B4c2cc(-n4c5ccccc5c5cc(C67CC8CC(CC(C8)C6)C7)ccc54)ccc2S3)cc1. The molecule has 364 valence electrons. The van der Waals surface area contributed by atoms with Crippen LogP contribution in [0.15, 0.2) is 262 Å². The number of nitrogens with zero attached hydrogens (tertiary/aromatic N) is 2. The van der Waals surface area contributed by atoms with Gasteiger partial charge < -0.3 is 9.47 Å².